The molecule has 0 radical (unpaired) electrons. The highest BCUT2D eigenvalue weighted by atomic mass is 32.1. The molecule has 0 spiro atoms. The van der Waals surface area contributed by atoms with Gasteiger partial charge in [-0.15, -0.1) is 56.7 Å². The lowest BCUT2D eigenvalue weighted by Gasteiger charge is -2.03. The van der Waals surface area contributed by atoms with Crippen molar-refractivity contribution >= 4 is 62.7 Å². The van der Waals surface area contributed by atoms with Crippen molar-refractivity contribution in [3.8, 4) is 39.0 Å². The van der Waals surface area contributed by atoms with E-state index in [9.17, 15) is 20.1 Å². The van der Waals surface area contributed by atoms with E-state index < -0.39 is 12.3 Å². The van der Waals surface area contributed by atoms with Gasteiger partial charge in [0, 0.05) is 45.4 Å². The van der Waals surface area contributed by atoms with Gasteiger partial charge in [-0.1, -0.05) is 12.1 Å². The second-order valence-electron chi connectivity index (χ2n) is 7.30. The summed E-state index contributed by atoms with van der Waals surface area (Å²) in [6, 6.07) is 16.2. The maximum atomic E-state index is 11.5. The van der Waals surface area contributed by atoms with Crippen LogP contribution in [-0.4, -0.2) is 27.6 Å². The van der Waals surface area contributed by atoms with Gasteiger partial charge >= 0.3 is 5.97 Å². The predicted molar refractivity (Wildman–Crippen MR) is 141 cm³/mol. The topological polar surface area (TPSA) is 77.8 Å². The Morgan fingerprint density at radius 3 is 1.76 bits per heavy atom. The number of thiophene rings is 5. The molecule has 0 aromatic carbocycles. The standard InChI is InChI=1S/C24H18O4S5/c25-21(26)11-13-9-19(15-3-1-7-29-15)32-23(13)17-5-6-18(31-17)24-14(12-22(27)28)10-20(33-24)16-4-2-8-30-16/h1-10,21,25-26H,11-12H2,(H,27,28). The van der Waals surface area contributed by atoms with Gasteiger partial charge in [-0.2, -0.15) is 0 Å². The number of carbonyl (C=O) groups is 1. The zero-order valence-electron chi connectivity index (χ0n) is 17.1. The third-order valence-corrected chi connectivity index (χ3v) is 10.9. The van der Waals surface area contributed by atoms with E-state index in [1.54, 1.807) is 56.7 Å². The quantitative estimate of drug-likeness (QED) is 0.186. The molecule has 0 saturated carbocycles. The van der Waals surface area contributed by atoms with Crippen molar-refractivity contribution in [1.29, 1.82) is 0 Å². The van der Waals surface area contributed by atoms with Crippen molar-refractivity contribution in [3.05, 3.63) is 70.4 Å². The van der Waals surface area contributed by atoms with Crippen LogP contribution < -0.4 is 0 Å². The van der Waals surface area contributed by atoms with Crippen molar-refractivity contribution in [1.82, 2.24) is 0 Å². The Labute approximate surface area is 210 Å². The van der Waals surface area contributed by atoms with E-state index in [1.165, 1.54) is 0 Å². The minimum Gasteiger partial charge on any atom is -0.481 e. The predicted octanol–water partition coefficient (Wildman–Crippen LogP) is 7.14. The Bertz CT molecular complexity index is 1370. The molecule has 3 N–H and O–H groups in total. The summed E-state index contributed by atoms with van der Waals surface area (Å²) in [5.74, 6) is -0.846. The number of carboxylic acid groups (broad SMARTS) is 1. The van der Waals surface area contributed by atoms with Crippen molar-refractivity contribution < 1.29 is 20.1 Å². The summed E-state index contributed by atoms with van der Waals surface area (Å²) < 4.78 is 0. The van der Waals surface area contributed by atoms with Crippen LogP contribution >= 0.6 is 56.7 Å². The maximum absolute atomic E-state index is 11.5. The molecule has 5 heterocycles. The molecule has 0 amide bonds. The molecular formula is C24H18O4S5. The number of hydrogen-bond donors (Lipinski definition) is 3. The highest BCUT2D eigenvalue weighted by molar-refractivity contribution is 7.29. The summed E-state index contributed by atoms with van der Waals surface area (Å²) in [5, 5.41) is 32.7. The van der Waals surface area contributed by atoms with Crippen molar-refractivity contribution in [2.24, 2.45) is 0 Å². The van der Waals surface area contributed by atoms with Crippen molar-refractivity contribution in [2.75, 3.05) is 0 Å². The van der Waals surface area contributed by atoms with E-state index in [0.29, 0.717) is 0 Å². The smallest absolute Gasteiger partial charge is 0.307 e. The first-order chi connectivity index (χ1) is 16.0. The van der Waals surface area contributed by atoms with Gasteiger partial charge in [-0.05, 0) is 58.3 Å². The molecule has 0 aliphatic carbocycles. The molecule has 0 aliphatic rings. The first kappa shape index (κ1) is 22.7. The molecule has 33 heavy (non-hydrogen) atoms. The number of aliphatic hydroxyl groups is 2. The van der Waals surface area contributed by atoms with E-state index >= 15 is 0 Å². The minimum absolute atomic E-state index is 0.0199. The third kappa shape index (κ3) is 4.90. The molecule has 5 rings (SSSR count). The number of aliphatic carboxylic acids is 1. The average molecular weight is 531 g/mol. The second kappa shape index (κ2) is 9.63. The van der Waals surface area contributed by atoms with E-state index in [1.807, 2.05) is 47.2 Å². The SMILES string of the molecule is O=C(O)Cc1cc(-c2cccs2)sc1-c1ccc(-c2sc(-c3cccs3)cc2CC(O)O)s1. The van der Waals surface area contributed by atoms with Gasteiger partial charge in [0.05, 0.1) is 6.42 Å². The summed E-state index contributed by atoms with van der Waals surface area (Å²) in [6.45, 7) is 0. The molecule has 0 fully saturated rings. The van der Waals surface area contributed by atoms with E-state index in [4.69, 9.17) is 0 Å². The van der Waals surface area contributed by atoms with Crippen LogP contribution in [0.5, 0.6) is 0 Å². The van der Waals surface area contributed by atoms with Gasteiger partial charge in [0.2, 0.25) is 0 Å². The maximum Gasteiger partial charge on any atom is 0.307 e. The fraction of sp³-hybridized carbons (Fsp3) is 0.125. The van der Waals surface area contributed by atoms with Gasteiger partial charge in [-0.3, -0.25) is 4.79 Å². The third-order valence-electron chi connectivity index (χ3n) is 4.94. The zero-order chi connectivity index (χ0) is 22.9. The molecule has 0 unspecified atom stereocenters. The monoisotopic (exact) mass is 530 g/mol. The molecule has 0 bridgehead atoms. The van der Waals surface area contributed by atoms with Crippen LogP contribution in [0.1, 0.15) is 11.1 Å². The number of hydrogen-bond acceptors (Lipinski definition) is 8. The summed E-state index contributed by atoms with van der Waals surface area (Å²) in [5.41, 5.74) is 1.73. The van der Waals surface area contributed by atoms with Crippen molar-refractivity contribution in [2.45, 2.75) is 19.1 Å². The number of carboxylic acids is 1. The molecule has 5 aromatic rings. The fourth-order valence-corrected chi connectivity index (χ4v) is 8.90. The first-order valence-corrected chi connectivity index (χ1v) is 14.2. The van der Waals surface area contributed by atoms with Crippen LogP contribution in [0.25, 0.3) is 39.0 Å². The van der Waals surface area contributed by atoms with Crippen LogP contribution in [0, 0.1) is 0 Å². The highest BCUT2D eigenvalue weighted by Gasteiger charge is 2.20. The Morgan fingerprint density at radius 2 is 1.27 bits per heavy atom. The lowest BCUT2D eigenvalue weighted by molar-refractivity contribution is -0.136. The van der Waals surface area contributed by atoms with Crippen LogP contribution in [0.3, 0.4) is 0 Å². The van der Waals surface area contributed by atoms with Gasteiger partial charge in [-0.25, -0.2) is 0 Å². The summed E-state index contributed by atoms with van der Waals surface area (Å²) >= 11 is 8.19. The zero-order valence-corrected chi connectivity index (χ0v) is 21.1. The Hall–Kier alpha value is -2.11. The van der Waals surface area contributed by atoms with Gasteiger partial charge < -0.3 is 15.3 Å². The van der Waals surface area contributed by atoms with E-state index in [0.717, 1.165) is 50.1 Å². The van der Waals surface area contributed by atoms with Gasteiger partial charge in [0.25, 0.3) is 0 Å². The molecule has 0 aliphatic heterocycles. The van der Waals surface area contributed by atoms with Crippen LogP contribution in [0.15, 0.2) is 59.3 Å². The highest BCUT2D eigenvalue weighted by Crippen LogP contribution is 2.47. The number of rotatable bonds is 8. The first-order valence-electron chi connectivity index (χ1n) is 9.99. The lowest BCUT2D eigenvalue weighted by atomic mass is 10.1. The van der Waals surface area contributed by atoms with Crippen LogP contribution in [0.4, 0.5) is 0 Å². The number of aliphatic hydroxyl groups excluding tert-OH is 1. The second-order valence-corrected chi connectivity index (χ2v) is 12.4. The molecule has 5 aromatic heterocycles. The summed E-state index contributed by atoms with van der Waals surface area (Å²) in [4.78, 5) is 20.0. The van der Waals surface area contributed by atoms with Crippen LogP contribution in [-0.2, 0) is 17.6 Å². The van der Waals surface area contributed by atoms with Crippen LogP contribution in [0.2, 0.25) is 0 Å². The summed E-state index contributed by atoms with van der Waals surface area (Å²) in [6.07, 6.45) is -1.27. The molecule has 9 heteroatoms. The average Bonchev–Trinajstić information content (AvgIpc) is 3.57. The Balaban J connectivity index is 1.55. The lowest BCUT2D eigenvalue weighted by Crippen LogP contribution is -2.07. The fourth-order valence-electron chi connectivity index (χ4n) is 3.58. The van der Waals surface area contributed by atoms with Gasteiger partial charge in [0.1, 0.15) is 0 Å². The molecular weight excluding hydrogens is 513 g/mol. The minimum atomic E-state index is -1.42. The summed E-state index contributed by atoms with van der Waals surface area (Å²) in [7, 11) is 0. The Kier molecular flexibility index (Phi) is 6.62. The van der Waals surface area contributed by atoms with E-state index in [2.05, 4.69) is 12.1 Å². The molecule has 168 valence electrons. The Morgan fingerprint density at radius 1 is 0.727 bits per heavy atom. The molecule has 4 nitrogen and oxygen atoms in total. The van der Waals surface area contributed by atoms with Gasteiger partial charge in [0.15, 0.2) is 6.29 Å². The largest absolute Gasteiger partial charge is 0.481 e. The van der Waals surface area contributed by atoms with E-state index in [-0.39, 0.29) is 12.8 Å². The molecule has 0 saturated heterocycles. The molecule has 0 atom stereocenters. The normalized spacial score (nSPS) is 11.5. The van der Waals surface area contributed by atoms with Crippen molar-refractivity contribution in [3.63, 3.8) is 0 Å².